The van der Waals surface area contributed by atoms with E-state index in [1.165, 1.54) is 31.6 Å². The zero-order valence-corrected chi connectivity index (χ0v) is 15.1. The van der Waals surface area contributed by atoms with Gasteiger partial charge in [-0.25, -0.2) is 9.37 Å². The van der Waals surface area contributed by atoms with Crippen LogP contribution in [0.15, 0.2) is 58.4 Å². The van der Waals surface area contributed by atoms with E-state index in [2.05, 4.69) is 30.6 Å². The largest absolute Gasteiger partial charge is 0.491 e. The maximum atomic E-state index is 13.8. The Kier molecular flexibility index (Phi) is 4.65. The molecule has 0 radical (unpaired) electrons. The van der Waals surface area contributed by atoms with Gasteiger partial charge in [-0.2, -0.15) is 4.98 Å². The number of methoxy groups -OCH3 is 1. The quantitative estimate of drug-likeness (QED) is 0.410. The van der Waals surface area contributed by atoms with Gasteiger partial charge in [0.15, 0.2) is 5.75 Å². The number of hydrogen-bond donors (Lipinski definition) is 4. The van der Waals surface area contributed by atoms with Crippen LogP contribution in [0.3, 0.4) is 0 Å². The summed E-state index contributed by atoms with van der Waals surface area (Å²) in [5.41, 5.74) is 0.0126. The van der Waals surface area contributed by atoms with Gasteiger partial charge in [0.1, 0.15) is 17.3 Å². The van der Waals surface area contributed by atoms with Crippen LogP contribution in [-0.2, 0) is 0 Å². The van der Waals surface area contributed by atoms with Crippen LogP contribution in [-0.4, -0.2) is 27.0 Å². The van der Waals surface area contributed by atoms with Crippen LogP contribution in [0.25, 0.3) is 10.9 Å². The van der Waals surface area contributed by atoms with Crippen LogP contribution in [0.4, 0.5) is 27.5 Å². The second-order valence-corrected chi connectivity index (χ2v) is 6.02. The molecule has 29 heavy (non-hydrogen) atoms. The van der Waals surface area contributed by atoms with Gasteiger partial charge < -0.3 is 25.3 Å². The summed E-state index contributed by atoms with van der Waals surface area (Å²) in [6.45, 7) is 0. The highest BCUT2D eigenvalue weighted by atomic mass is 19.1. The van der Waals surface area contributed by atoms with Crippen LogP contribution in [0.5, 0.6) is 5.75 Å². The Morgan fingerprint density at radius 3 is 2.79 bits per heavy atom. The Hall–Kier alpha value is -4.21. The fourth-order valence-corrected chi connectivity index (χ4v) is 2.73. The van der Waals surface area contributed by atoms with E-state index in [1.807, 2.05) is 0 Å². The van der Waals surface area contributed by atoms with Gasteiger partial charge in [-0.05, 0) is 18.2 Å². The SMILES string of the molecule is COc1cc(Nc2nccc(Nc3cc4cccc(F)c4[nH]c3=O)n2)c[nH]c1=O. The Labute approximate surface area is 162 Å². The molecule has 0 aliphatic carbocycles. The van der Waals surface area contributed by atoms with E-state index in [9.17, 15) is 14.0 Å². The highest BCUT2D eigenvalue weighted by Gasteiger charge is 2.08. The molecule has 0 saturated heterocycles. The predicted molar refractivity (Wildman–Crippen MR) is 107 cm³/mol. The lowest BCUT2D eigenvalue weighted by molar-refractivity contribution is 0.408. The number of H-pyrrole nitrogens is 2. The number of anilines is 4. The number of rotatable bonds is 5. The van der Waals surface area contributed by atoms with Crippen LogP contribution < -0.4 is 26.5 Å². The summed E-state index contributed by atoms with van der Waals surface area (Å²) in [6, 6.07) is 9.15. The summed E-state index contributed by atoms with van der Waals surface area (Å²) >= 11 is 0. The average molecular weight is 394 g/mol. The van der Waals surface area contributed by atoms with Crippen LogP contribution in [0.2, 0.25) is 0 Å². The van der Waals surface area contributed by atoms with Gasteiger partial charge in [0, 0.05) is 23.8 Å². The molecule has 3 heterocycles. The van der Waals surface area contributed by atoms with Crippen molar-refractivity contribution < 1.29 is 9.13 Å². The van der Waals surface area contributed by atoms with E-state index in [0.29, 0.717) is 16.9 Å². The average Bonchev–Trinajstić information content (AvgIpc) is 2.71. The molecule has 4 N–H and O–H groups in total. The third-order valence-corrected chi connectivity index (χ3v) is 4.09. The summed E-state index contributed by atoms with van der Waals surface area (Å²) in [7, 11) is 1.39. The summed E-state index contributed by atoms with van der Waals surface area (Å²) in [5.74, 6) is 0.211. The van der Waals surface area contributed by atoms with Crippen molar-refractivity contribution in [1.29, 1.82) is 0 Å². The van der Waals surface area contributed by atoms with E-state index in [0.717, 1.165) is 0 Å². The Bertz CT molecular complexity index is 1320. The van der Waals surface area contributed by atoms with Gasteiger partial charge in [0.2, 0.25) is 5.95 Å². The molecule has 0 atom stereocenters. The van der Waals surface area contributed by atoms with E-state index >= 15 is 0 Å². The Balaban J connectivity index is 1.61. The number of hydrogen-bond acceptors (Lipinski definition) is 7. The summed E-state index contributed by atoms with van der Waals surface area (Å²) in [4.78, 5) is 37.3. The molecular weight excluding hydrogens is 379 g/mol. The number of para-hydroxylation sites is 1. The fraction of sp³-hybridized carbons (Fsp3) is 0.0526. The van der Waals surface area contributed by atoms with Gasteiger partial charge in [-0.1, -0.05) is 12.1 Å². The highest BCUT2D eigenvalue weighted by Crippen LogP contribution is 2.20. The van der Waals surface area contributed by atoms with Gasteiger partial charge >= 0.3 is 0 Å². The third-order valence-electron chi connectivity index (χ3n) is 4.09. The number of nitrogens with zero attached hydrogens (tertiary/aromatic N) is 2. The van der Waals surface area contributed by atoms with Gasteiger partial charge in [-0.15, -0.1) is 0 Å². The minimum Gasteiger partial charge on any atom is -0.491 e. The summed E-state index contributed by atoms with van der Waals surface area (Å²) in [5, 5.41) is 6.38. The fourth-order valence-electron chi connectivity index (χ4n) is 2.73. The van der Waals surface area contributed by atoms with Crippen molar-refractivity contribution in [3.8, 4) is 5.75 Å². The zero-order chi connectivity index (χ0) is 20.4. The molecule has 146 valence electrons. The van der Waals surface area contributed by atoms with Crippen molar-refractivity contribution in [1.82, 2.24) is 19.9 Å². The van der Waals surface area contributed by atoms with Crippen molar-refractivity contribution in [2.24, 2.45) is 0 Å². The van der Waals surface area contributed by atoms with E-state index in [1.54, 1.807) is 24.3 Å². The first-order valence-electron chi connectivity index (χ1n) is 8.49. The molecule has 0 amide bonds. The molecule has 0 saturated carbocycles. The molecule has 0 bridgehead atoms. The van der Waals surface area contributed by atoms with Crippen LogP contribution in [0.1, 0.15) is 0 Å². The first kappa shape index (κ1) is 18.2. The van der Waals surface area contributed by atoms with Crippen molar-refractivity contribution >= 4 is 34.0 Å². The molecule has 0 aliphatic rings. The lowest BCUT2D eigenvalue weighted by atomic mass is 10.2. The van der Waals surface area contributed by atoms with Crippen molar-refractivity contribution in [2.75, 3.05) is 17.7 Å². The van der Waals surface area contributed by atoms with Crippen molar-refractivity contribution in [2.45, 2.75) is 0 Å². The number of nitrogens with one attached hydrogen (secondary N) is 4. The molecule has 3 aromatic heterocycles. The summed E-state index contributed by atoms with van der Waals surface area (Å²) < 4.78 is 18.8. The number of benzene rings is 1. The Morgan fingerprint density at radius 1 is 1.10 bits per heavy atom. The first-order chi connectivity index (χ1) is 14.0. The van der Waals surface area contributed by atoms with E-state index in [-0.39, 0.29) is 28.5 Å². The molecule has 0 unspecified atom stereocenters. The standard InChI is InChI=1S/C19H15FN6O3/c1-29-14-8-11(9-22-18(14)28)23-19-21-6-5-15(25-19)24-13-7-10-3-2-4-12(20)16(10)26-17(13)27/h2-9H,1H3,(H,22,28)(H,26,27)(H2,21,23,24,25). The predicted octanol–water partition coefficient (Wildman–Crippen LogP) is 2.64. The molecule has 9 nitrogen and oxygen atoms in total. The van der Waals surface area contributed by atoms with Gasteiger partial charge in [-0.3, -0.25) is 9.59 Å². The maximum absolute atomic E-state index is 13.8. The first-order valence-corrected chi connectivity index (χ1v) is 8.49. The second kappa shape index (κ2) is 7.43. The smallest absolute Gasteiger partial charge is 0.290 e. The monoisotopic (exact) mass is 394 g/mol. The van der Waals surface area contributed by atoms with Crippen molar-refractivity contribution in [3.63, 3.8) is 0 Å². The Morgan fingerprint density at radius 2 is 1.97 bits per heavy atom. The van der Waals surface area contributed by atoms with E-state index in [4.69, 9.17) is 4.74 Å². The van der Waals surface area contributed by atoms with Crippen LogP contribution >= 0.6 is 0 Å². The number of fused-ring (bicyclic) bond motifs is 1. The molecule has 4 rings (SSSR count). The maximum Gasteiger partial charge on any atom is 0.290 e. The highest BCUT2D eigenvalue weighted by molar-refractivity contribution is 5.82. The zero-order valence-electron chi connectivity index (χ0n) is 15.1. The molecule has 4 aromatic rings. The molecule has 0 aliphatic heterocycles. The number of aromatic amines is 2. The number of ether oxygens (including phenoxy) is 1. The minimum atomic E-state index is -0.504. The number of aromatic nitrogens is 4. The van der Waals surface area contributed by atoms with Gasteiger partial charge in [0.25, 0.3) is 11.1 Å². The molecular formula is C19H15FN6O3. The van der Waals surface area contributed by atoms with Crippen LogP contribution in [0, 0.1) is 5.82 Å². The molecule has 10 heteroatoms. The molecule has 1 aromatic carbocycles. The lowest BCUT2D eigenvalue weighted by Gasteiger charge is -2.09. The third kappa shape index (κ3) is 3.76. The normalized spacial score (nSPS) is 10.7. The van der Waals surface area contributed by atoms with Gasteiger partial charge in [0.05, 0.1) is 18.3 Å². The second-order valence-electron chi connectivity index (χ2n) is 6.02. The lowest BCUT2D eigenvalue weighted by Crippen LogP contribution is -2.13. The van der Waals surface area contributed by atoms with Crippen molar-refractivity contribution in [3.05, 3.63) is 75.3 Å². The molecule has 0 fully saturated rings. The number of halogens is 1. The van der Waals surface area contributed by atoms with E-state index < -0.39 is 11.4 Å². The minimum absolute atomic E-state index is 0.138. The molecule has 0 spiro atoms. The summed E-state index contributed by atoms with van der Waals surface area (Å²) in [6.07, 6.45) is 2.95. The number of pyridine rings is 2. The topological polar surface area (TPSA) is 125 Å².